The molecule has 0 saturated carbocycles. The summed E-state index contributed by atoms with van der Waals surface area (Å²) in [5.74, 6) is -3.09. The fraction of sp³-hybridized carbons (Fsp3) is 0.222. The molecule has 0 bridgehead atoms. The maximum atomic E-state index is 12.6. The number of amides is 1. The normalized spacial score (nSPS) is 12.6. The van der Waals surface area contributed by atoms with Crippen molar-refractivity contribution < 1.29 is 27.9 Å². The molecular weight excluding hydrogens is 496 g/mol. The second-order valence-corrected chi connectivity index (χ2v) is 9.29. The molecule has 33 heavy (non-hydrogen) atoms. The molecule has 2 rings (SSSR count). The molecule has 2 aromatic rings. The van der Waals surface area contributed by atoms with Crippen LogP contribution in [0.5, 0.6) is 0 Å². The highest BCUT2D eigenvalue weighted by Crippen LogP contribution is 2.21. The third-order valence-electron chi connectivity index (χ3n) is 3.99. The van der Waals surface area contributed by atoms with E-state index in [1.807, 2.05) is 4.72 Å². The van der Waals surface area contributed by atoms with Crippen molar-refractivity contribution in [3.05, 3.63) is 52.2 Å². The lowest BCUT2D eigenvalue weighted by molar-refractivity contribution is -0.143. The smallest absolute Gasteiger partial charge is 0.340 e. The number of benzene rings is 1. The van der Waals surface area contributed by atoms with Gasteiger partial charge in [-0.15, -0.1) is 23.7 Å². The molecule has 0 radical (unpaired) electrons. The number of hydrogen-bond donors (Lipinski definition) is 6. The Labute approximate surface area is 199 Å². The van der Waals surface area contributed by atoms with Gasteiger partial charge in [-0.05, 0) is 24.3 Å². The van der Waals surface area contributed by atoms with Crippen molar-refractivity contribution in [1.29, 1.82) is 0 Å². The van der Waals surface area contributed by atoms with Gasteiger partial charge in [-0.3, -0.25) is 14.6 Å². The lowest BCUT2D eigenvalue weighted by Crippen LogP contribution is -2.62. The van der Waals surface area contributed by atoms with E-state index in [1.165, 1.54) is 36.4 Å². The van der Waals surface area contributed by atoms with Crippen LogP contribution in [0.25, 0.3) is 0 Å². The molecule has 0 unspecified atom stereocenters. The van der Waals surface area contributed by atoms with E-state index in [2.05, 4.69) is 10.3 Å². The number of hydrogen-bond acceptors (Lipinski definition) is 8. The maximum absolute atomic E-state index is 12.6. The van der Waals surface area contributed by atoms with Gasteiger partial charge in [0.25, 0.3) is 5.91 Å². The number of nitrogens with one attached hydrogen (secondary N) is 2. The number of nitrogens with two attached hydrogens (primary N) is 3. The number of aliphatic imine (C=N–C) groups is 1. The molecule has 1 amide bonds. The van der Waals surface area contributed by atoms with Gasteiger partial charge in [-0.2, -0.15) is 4.72 Å². The number of carbonyl (C=O) groups is 3. The molecule has 15 heteroatoms. The van der Waals surface area contributed by atoms with Crippen LogP contribution in [0.3, 0.4) is 0 Å². The number of ketones is 1. The first-order chi connectivity index (χ1) is 14.9. The van der Waals surface area contributed by atoms with Crippen LogP contribution in [-0.2, 0) is 14.8 Å². The molecule has 0 spiro atoms. The molecule has 1 aromatic heterocycles. The van der Waals surface area contributed by atoms with Crippen LogP contribution < -0.4 is 27.2 Å². The summed E-state index contributed by atoms with van der Waals surface area (Å²) >= 11 is 0.808. The van der Waals surface area contributed by atoms with E-state index in [9.17, 15) is 27.9 Å². The van der Waals surface area contributed by atoms with Crippen LogP contribution in [-0.4, -0.2) is 55.9 Å². The number of carbonyl (C=O) groups excluding carboxylic acids is 2. The second-order valence-electron chi connectivity index (χ2n) is 6.52. The maximum Gasteiger partial charge on any atom is 0.340 e. The van der Waals surface area contributed by atoms with Gasteiger partial charge in [0.1, 0.15) is 0 Å². The number of Topliss-reactive ketones (excluding diaryl/α,β-unsaturated/α-hetero) is 1. The highest BCUT2D eigenvalue weighted by molar-refractivity contribution is 7.89. The molecule has 180 valence electrons. The van der Waals surface area contributed by atoms with Crippen molar-refractivity contribution in [1.82, 2.24) is 10.0 Å². The van der Waals surface area contributed by atoms with Gasteiger partial charge >= 0.3 is 5.97 Å². The Morgan fingerprint density at radius 2 is 1.67 bits per heavy atom. The van der Waals surface area contributed by atoms with Crippen LogP contribution in [0.15, 0.2) is 52.4 Å². The van der Waals surface area contributed by atoms with E-state index in [1.54, 1.807) is 6.07 Å². The summed E-state index contributed by atoms with van der Waals surface area (Å²) in [6.07, 6.45) is -0.875. The summed E-state index contributed by atoms with van der Waals surface area (Å²) in [6.45, 7) is 0.325. The Morgan fingerprint density at radius 3 is 2.24 bits per heavy atom. The molecule has 1 heterocycles. The molecular formula is C18H23ClN6O6S2. The predicted octanol–water partition coefficient (Wildman–Crippen LogP) is -0.536. The highest BCUT2D eigenvalue weighted by Gasteiger charge is 2.41. The summed E-state index contributed by atoms with van der Waals surface area (Å²) in [7, 11) is -4.32. The average molecular weight is 519 g/mol. The predicted molar refractivity (Wildman–Crippen MR) is 125 cm³/mol. The summed E-state index contributed by atoms with van der Waals surface area (Å²) in [5.41, 5.74) is 13.5. The van der Waals surface area contributed by atoms with Gasteiger partial charge in [0.2, 0.25) is 10.0 Å². The molecule has 0 aliphatic rings. The summed E-state index contributed by atoms with van der Waals surface area (Å²) in [5, 5.41) is 12.1. The number of aliphatic carboxylic acids is 1. The number of halogens is 1. The van der Waals surface area contributed by atoms with Crippen LogP contribution in [0.2, 0.25) is 0 Å². The molecule has 0 fully saturated rings. The lowest BCUT2D eigenvalue weighted by Gasteiger charge is -2.25. The molecule has 1 aromatic carbocycles. The van der Waals surface area contributed by atoms with Crippen molar-refractivity contribution >= 4 is 57.4 Å². The SMILES string of the molecule is Cl.NC(N)=NCCNC(=O)c1ccc(C(=O)C[C@](N)(NS(=O)(=O)c2ccccc2)C(=O)O)s1. The summed E-state index contributed by atoms with van der Waals surface area (Å²) < 4.78 is 26.9. The van der Waals surface area contributed by atoms with E-state index in [0.29, 0.717) is 0 Å². The molecule has 12 nitrogen and oxygen atoms in total. The highest BCUT2D eigenvalue weighted by atomic mass is 35.5. The van der Waals surface area contributed by atoms with Crippen molar-refractivity contribution in [2.45, 2.75) is 17.0 Å². The van der Waals surface area contributed by atoms with Crippen molar-refractivity contribution in [3.8, 4) is 0 Å². The third-order valence-corrected chi connectivity index (χ3v) is 6.64. The number of sulfonamides is 1. The number of nitrogens with zero attached hydrogens (tertiary/aromatic N) is 1. The standard InChI is InChI=1S/C18H22N6O6S2.ClH/c19-17(20)23-9-8-22-15(26)14-7-6-13(31-14)12(25)10-18(21,16(27)28)24-32(29,30)11-4-2-1-3-5-11;/h1-7,24H,8-10,21H2,(H,22,26)(H,27,28)(H4,19,20,23);1H/t18-;/m0./s1. The third kappa shape index (κ3) is 7.80. The first kappa shape index (κ1) is 28.0. The Kier molecular flexibility index (Phi) is 9.94. The van der Waals surface area contributed by atoms with Gasteiger partial charge in [0.15, 0.2) is 17.4 Å². The Balaban J connectivity index is 0.00000544. The van der Waals surface area contributed by atoms with Crippen LogP contribution in [0.1, 0.15) is 25.8 Å². The number of thiophene rings is 1. The van der Waals surface area contributed by atoms with Crippen LogP contribution >= 0.6 is 23.7 Å². The topological polar surface area (TPSA) is 220 Å². The van der Waals surface area contributed by atoms with E-state index >= 15 is 0 Å². The second kappa shape index (κ2) is 11.7. The molecule has 1 atom stereocenters. The summed E-state index contributed by atoms with van der Waals surface area (Å²) in [4.78, 5) is 40.2. The minimum Gasteiger partial charge on any atom is -0.479 e. The van der Waals surface area contributed by atoms with E-state index < -0.39 is 39.8 Å². The quantitative estimate of drug-likeness (QED) is 0.0738. The molecule has 0 saturated heterocycles. The molecule has 0 aliphatic carbocycles. The number of rotatable bonds is 11. The van der Waals surface area contributed by atoms with Gasteiger partial charge in [0, 0.05) is 6.54 Å². The van der Waals surface area contributed by atoms with Crippen molar-refractivity contribution in [2.75, 3.05) is 13.1 Å². The molecule has 9 N–H and O–H groups in total. The minimum atomic E-state index is -4.32. The number of guanidine groups is 1. The Morgan fingerprint density at radius 1 is 1.06 bits per heavy atom. The average Bonchev–Trinajstić information content (AvgIpc) is 3.21. The van der Waals surface area contributed by atoms with Gasteiger partial charge < -0.3 is 27.6 Å². The fourth-order valence-corrected chi connectivity index (χ4v) is 4.58. The zero-order valence-electron chi connectivity index (χ0n) is 17.1. The lowest BCUT2D eigenvalue weighted by atomic mass is 10.0. The molecule has 0 aliphatic heterocycles. The van der Waals surface area contributed by atoms with Gasteiger partial charge in [-0.25, -0.2) is 13.2 Å². The first-order valence-electron chi connectivity index (χ1n) is 9.02. The number of carboxylic acids is 1. The number of carboxylic acid groups (broad SMARTS) is 1. The van der Waals surface area contributed by atoms with E-state index in [4.69, 9.17) is 17.2 Å². The largest absolute Gasteiger partial charge is 0.479 e. The fourth-order valence-electron chi connectivity index (χ4n) is 2.45. The Bertz CT molecular complexity index is 1130. The Hall–Kier alpha value is -3.04. The van der Waals surface area contributed by atoms with Crippen molar-refractivity contribution in [3.63, 3.8) is 0 Å². The van der Waals surface area contributed by atoms with Gasteiger partial charge in [0.05, 0.1) is 27.6 Å². The monoisotopic (exact) mass is 518 g/mol. The summed E-state index contributed by atoms with van der Waals surface area (Å²) in [6, 6.07) is 9.70. The zero-order valence-corrected chi connectivity index (χ0v) is 19.5. The minimum absolute atomic E-state index is 0. The zero-order chi connectivity index (χ0) is 23.9. The van der Waals surface area contributed by atoms with Gasteiger partial charge in [-0.1, -0.05) is 18.2 Å². The van der Waals surface area contributed by atoms with Crippen LogP contribution in [0, 0.1) is 0 Å². The van der Waals surface area contributed by atoms with E-state index in [0.717, 1.165) is 11.3 Å². The first-order valence-corrected chi connectivity index (χ1v) is 11.3. The van der Waals surface area contributed by atoms with E-state index in [-0.39, 0.29) is 46.1 Å². The van der Waals surface area contributed by atoms with Crippen molar-refractivity contribution in [2.24, 2.45) is 22.2 Å². The van der Waals surface area contributed by atoms with Crippen LogP contribution in [0.4, 0.5) is 0 Å².